The molecule has 1 aromatic rings. The topological polar surface area (TPSA) is 47.7 Å². The number of ether oxygens (including phenoxy) is 1. The first kappa shape index (κ1) is 10.3. The first-order valence-corrected chi connectivity index (χ1v) is 5.08. The summed E-state index contributed by atoms with van der Waals surface area (Å²) < 4.78 is 5.18. The smallest absolute Gasteiger partial charge is 0.120 e. The highest BCUT2D eigenvalue weighted by atomic mass is 16.6. The molecule has 4 heteroatoms. The van der Waals surface area contributed by atoms with Crippen LogP contribution in [0.25, 0.3) is 0 Å². The fourth-order valence-corrected chi connectivity index (χ4v) is 1.88. The fourth-order valence-electron chi connectivity index (χ4n) is 1.88. The third-order valence-corrected chi connectivity index (χ3v) is 2.76. The molecule has 0 amide bonds. The lowest BCUT2D eigenvalue weighted by Gasteiger charge is -2.18. The molecule has 1 fully saturated rings. The first-order chi connectivity index (χ1) is 7.33. The summed E-state index contributed by atoms with van der Waals surface area (Å²) in [5.74, 6) is 6.06. The van der Waals surface area contributed by atoms with Gasteiger partial charge in [0.25, 0.3) is 0 Å². The minimum atomic E-state index is 0.149. The predicted octanol–water partition coefficient (Wildman–Crippen LogP) is 1.16. The zero-order valence-electron chi connectivity index (χ0n) is 8.85. The van der Waals surface area contributed by atoms with Crippen LogP contribution in [0.2, 0.25) is 0 Å². The number of nitrogens with zero attached hydrogens (tertiary/aromatic N) is 1. The Morgan fingerprint density at radius 1 is 1.47 bits per heavy atom. The van der Waals surface area contributed by atoms with Crippen molar-refractivity contribution < 1.29 is 9.57 Å². The molecule has 15 heavy (non-hydrogen) atoms. The van der Waals surface area contributed by atoms with Gasteiger partial charge < -0.3 is 9.64 Å². The molecule has 1 aromatic carbocycles. The average Bonchev–Trinajstić information content (AvgIpc) is 2.78. The van der Waals surface area contributed by atoms with Gasteiger partial charge in [0.05, 0.1) is 13.2 Å². The highest BCUT2D eigenvalue weighted by Gasteiger charge is 2.22. The van der Waals surface area contributed by atoms with Gasteiger partial charge in [0, 0.05) is 24.8 Å². The highest BCUT2D eigenvalue weighted by molar-refractivity contribution is 5.51. The molecule has 1 aliphatic heterocycles. The zero-order valence-corrected chi connectivity index (χ0v) is 8.85. The third kappa shape index (κ3) is 2.22. The summed E-state index contributed by atoms with van der Waals surface area (Å²) in [5.41, 5.74) is 1.16. The molecule has 0 spiro atoms. The van der Waals surface area contributed by atoms with Gasteiger partial charge in [0.15, 0.2) is 0 Å². The van der Waals surface area contributed by atoms with Crippen LogP contribution in [0.5, 0.6) is 5.75 Å². The van der Waals surface area contributed by atoms with E-state index in [9.17, 15) is 0 Å². The highest BCUT2D eigenvalue weighted by Crippen LogP contribution is 2.24. The van der Waals surface area contributed by atoms with Crippen LogP contribution in [0.1, 0.15) is 6.42 Å². The van der Waals surface area contributed by atoms with Crippen molar-refractivity contribution in [2.24, 2.45) is 5.90 Å². The molecule has 1 aliphatic rings. The number of hydrogen-bond donors (Lipinski definition) is 1. The van der Waals surface area contributed by atoms with E-state index in [0.717, 1.165) is 30.9 Å². The molecule has 1 unspecified atom stereocenters. The monoisotopic (exact) mass is 208 g/mol. The lowest BCUT2D eigenvalue weighted by atomic mass is 10.3. The molecule has 1 heterocycles. The van der Waals surface area contributed by atoms with Crippen LogP contribution in [0.15, 0.2) is 24.3 Å². The summed E-state index contributed by atoms with van der Waals surface area (Å²) in [5, 5.41) is 0. The average molecular weight is 208 g/mol. The summed E-state index contributed by atoms with van der Waals surface area (Å²) in [7, 11) is 1.68. The molecule has 1 saturated heterocycles. The van der Waals surface area contributed by atoms with E-state index in [-0.39, 0.29) is 6.10 Å². The van der Waals surface area contributed by atoms with Crippen LogP contribution in [-0.2, 0) is 4.84 Å². The maximum absolute atomic E-state index is 5.18. The SMILES string of the molecule is COc1cccc(N2CCC(ON)C2)c1. The van der Waals surface area contributed by atoms with E-state index < -0.39 is 0 Å². The summed E-state index contributed by atoms with van der Waals surface area (Å²) >= 11 is 0. The fraction of sp³-hybridized carbons (Fsp3) is 0.455. The molecule has 2 rings (SSSR count). The Morgan fingerprint density at radius 3 is 3.00 bits per heavy atom. The van der Waals surface area contributed by atoms with E-state index in [1.54, 1.807) is 7.11 Å². The largest absolute Gasteiger partial charge is 0.497 e. The molecular weight excluding hydrogens is 192 g/mol. The summed E-state index contributed by atoms with van der Waals surface area (Å²) in [6.45, 7) is 1.83. The van der Waals surface area contributed by atoms with E-state index in [0.29, 0.717) is 0 Å². The summed E-state index contributed by atoms with van der Waals surface area (Å²) in [4.78, 5) is 7.10. The Balaban J connectivity index is 2.09. The Hall–Kier alpha value is -1.26. The second-order valence-corrected chi connectivity index (χ2v) is 3.69. The number of nitrogens with two attached hydrogens (primary N) is 1. The Bertz CT molecular complexity index is 330. The van der Waals surface area contributed by atoms with Gasteiger partial charge in [-0.25, -0.2) is 5.90 Å². The number of anilines is 1. The van der Waals surface area contributed by atoms with Gasteiger partial charge in [0.2, 0.25) is 0 Å². The maximum atomic E-state index is 5.18. The van der Waals surface area contributed by atoms with Crippen molar-refractivity contribution in [1.82, 2.24) is 0 Å². The van der Waals surface area contributed by atoms with E-state index in [4.69, 9.17) is 15.5 Å². The molecule has 0 bridgehead atoms. The Morgan fingerprint density at radius 2 is 2.33 bits per heavy atom. The van der Waals surface area contributed by atoms with Gasteiger partial charge in [-0.15, -0.1) is 0 Å². The normalized spacial score (nSPS) is 20.7. The molecule has 1 atom stereocenters. The van der Waals surface area contributed by atoms with Crippen LogP contribution in [0.4, 0.5) is 5.69 Å². The van der Waals surface area contributed by atoms with Gasteiger partial charge in [-0.1, -0.05) is 6.07 Å². The second kappa shape index (κ2) is 4.51. The molecule has 0 aliphatic carbocycles. The van der Waals surface area contributed by atoms with Gasteiger partial charge >= 0.3 is 0 Å². The number of hydrogen-bond acceptors (Lipinski definition) is 4. The van der Waals surface area contributed by atoms with Crippen LogP contribution in [-0.4, -0.2) is 26.3 Å². The van der Waals surface area contributed by atoms with Crippen molar-refractivity contribution in [1.29, 1.82) is 0 Å². The van der Waals surface area contributed by atoms with E-state index in [1.807, 2.05) is 18.2 Å². The second-order valence-electron chi connectivity index (χ2n) is 3.69. The first-order valence-electron chi connectivity index (χ1n) is 5.08. The maximum Gasteiger partial charge on any atom is 0.120 e. The van der Waals surface area contributed by atoms with Crippen molar-refractivity contribution >= 4 is 5.69 Å². The van der Waals surface area contributed by atoms with Crippen molar-refractivity contribution in [2.45, 2.75) is 12.5 Å². The van der Waals surface area contributed by atoms with Gasteiger partial charge in [-0.2, -0.15) is 0 Å². The van der Waals surface area contributed by atoms with Crippen LogP contribution in [0, 0.1) is 0 Å². The summed E-state index contributed by atoms with van der Waals surface area (Å²) in [6.07, 6.45) is 1.13. The minimum absolute atomic E-state index is 0.149. The van der Waals surface area contributed by atoms with Gasteiger partial charge in [-0.05, 0) is 18.6 Å². The van der Waals surface area contributed by atoms with Crippen LogP contribution >= 0.6 is 0 Å². The van der Waals surface area contributed by atoms with E-state index in [2.05, 4.69) is 11.0 Å². The number of methoxy groups -OCH3 is 1. The minimum Gasteiger partial charge on any atom is -0.497 e. The summed E-state index contributed by atoms with van der Waals surface area (Å²) in [6, 6.07) is 8.03. The van der Waals surface area contributed by atoms with Crippen molar-refractivity contribution in [3.63, 3.8) is 0 Å². The van der Waals surface area contributed by atoms with Gasteiger partial charge in [0.1, 0.15) is 5.75 Å². The zero-order chi connectivity index (χ0) is 10.7. The molecular formula is C11H16N2O2. The third-order valence-electron chi connectivity index (χ3n) is 2.76. The van der Waals surface area contributed by atoms with E-state index in [1.165, 1.54) is 0 Å². The van der Waals surface area contributed by atoms with Crippen molar-refractivity contribution in [2.75, 3.05) is 25.1 Å². The quantitative estimate of drug-likeness (QED) is 0.757. The number of benzene rings is 1. The molecule has 0 radical (unpaired) electrons. The lowest BCUT2D eigenvalue weighted by molar-refractivity contribution is 0.0690. The Labute approximate surface area is 89.5 Å². The predicted molar refractivity (Wildman–Crippen MR) is 58.9 cm³/mol. The Kier molecular flexibility index (Phi) is 3.08. The molecule has 4 nitrogen and oxygen atoms in total. The van der Waals surface area contributed by atoms with Crippen LogP contribution in [0.3, 0.4) is 0 Å². The molecule has 0 saturated carbocycles. The molecule has 82 valence electrons. The van der Waals surface area contributed by atoms with Crippen molar-refractivity contribution in [3.05, 3.63) is 24.3 Å². The molecule has 0 aromatic heterocycles. The lowest BCUT2D eigenvalue weighted by Crippen LogP contribution is -2.24. The standard InChI is InChI=1S/C11H16N2O2/c1-14-10-4-2-3-9(7-10)13-6-5-11(8-13)15-12/h2-4,7,11H,5-6,8,12H2,1H3. The van der Waals surface area contributed by atoms with Crippen molar-refractivity contribution in [3.8, 4) is 5.75 Å². The molecule has 2 N–H and O–H groups in total. The van der Waals surface area contributed by atoms with Gasteiger partial charge in [-0.3, -0.25) is 4.84 Å². The van der Waals surface area contributed by atoms with E-state index >= 15 is 0 Å². The van der Waals surface area contributed by atoms with Crippen LogP contribution < -0.4 is 15.5 Å². The number of rotatable bonds is 3.